The molecule has 86 valence electrons. The summed E-state index contributed by atoms with van der Waals surface area (Å²) in [6, 6.07) is 19.7. The van der Waals surface area contributed by atoms with Gasteiger partial charge in [0.05, 0.1) is 0 Å². The first-order chi connectivity index (χ1) is 8.33. The van der Waals surface area contributed by atoms with Crippen molar-refractivity contribution in [3.63, 3.8) is 0 Å². The lowest BCUT2D eigenvalue weighted by Crippen LogP contribution is -2.00. The van der Waals surface area contributed by atoms with Crippen molar-refractivity contribution in [1.29, 1.82) is 0 Å². The van der Waals surface area contributed by atoms with Gasteiger partial charge >= 0.3 is 0 Å². The Balaban J connectivity index is 2.33. The van der Waals surface area contributed by atoms with Crippen molar-refractivity contribution in [2.45, 2.75) is 13.0 Å². The molecule has 0 aromatic heterocycles. The van der Waals surface area contributed by atoms with Gasteiger partial charge in [0.25, 0.3) is 0 Å². The topological polar surface area (TPSA) is 20.2 Å². The molecule has 0 heterocycles. The Bertz CT molecular complexity index is 485. The molecule has 0 amide bonds. The Morgan fingerprint density at radius 2 is 1.47 bits per heavy atom. The second kappa shape index (κ2) is 5.46. The fourth-order valence-electron chi connectivity index (χ4n) is 1.93. The summed E-state index contributed by atoms with van der Waals surface area (Å²) in [5.74, 6) is 0. The van der Waals surface area contributed by atoms with E-state index in [1.54, 1.807) is 0 Å². The van der Waals surface area contributed by atoms with Crippen LogP contribution in [0.1, 0.15) is 24.2 Å². The van der Waals surface area contributed by atoms with E-state index in [2.05, 4.69) is 0 Å². The maximum atomic E-state index is 10.4. The number of aliphatic hydroxyl groups excluding tert-OH is 1. The quantitative estimate of drug-likeness (QED) is 0.840. The summed E-state index contributed by atoms with van der Waals surface area (Å²) in [7, 11) is 0. The molecule has 17 heavy (non-hydrogen) atoms. The van der Waals surface area contributed by atoms with Crippen molar-refractivity contribution in [3.05, 3.63) is 77.9 Å². The number of allylic oxidation sites excluding steroid dienone is 1. The third kappa shape index (κ3) is 2.63. The predicted octanol–water partition coefficient (Wildman–Crippen LogP) is 3.82. The highest BCUT2D eigenvalue weighted by Gasteiger charge is 2.13. The molecule has 1 nitrogen and oxygen atoms in total. The SMILES string of the molecule is C/C=C(/c1ccccc1)C(O)c1ccccc1. The molecule has 1 unspecified atom stereocenters. The highest BCUT2D eigenvalue weighted by Crippen LogP contribution is 2.29. The van der Waals surface area contributed by atoms with Crippen LogP contribution in [0.15, 0.2) is 66.7 Å². The lowest BCUT2D eigenvalue weighted by atomic mass is 9.95. The van der Waals surface area contributed by atoms with Crippen LogP contribution < -0.4 is 0 Å². The van der Waals surface area contributed by atoms with E-state index in [-0.39, 0.29) is 0 Å². The molecule has 2 aromatic carbocycles. The van der Waals surface area contributed by atoms with Gasteiger partial charge < -0.3 is 5.11 Å². The normalized spacial score (nSPS) is 13.4. The van der Waals surface area contributed by atoms with Crippen LogP contribution in [0.3, 0.4) is 0 Å². The molecule has 0 saturated carbocycles. The van der Waals surface area contributed by atoms with Crippen LogP contribution in [0.25, 0.3) is 5.57 Å². The number of aliphatic hydroxyl groups is 1. The zero-order valence-corrected chi connectivity index (χ0v) is 9.88. The van der Waals surface area contributed by atoms with E-state index in [0.29, 0.717) is 0 Å². The highest BCUT2D eigenvalue weighted by molar-refractivity contribution is 5.69. The monoisotopic (exact) mass is 224 g/mol. The van der Waals surface area contributed by atoms with E-state index >= 15 is 0 Å². The van der Waals surface area contributed by atoms with Gasteiger partial charge in [0.1, 0.15) is 6.10 Å². The van der Waals surface area contributed by atoms with Crippen molar-refractivity contribution in [1.82, 2.24) is 0 Å². The molecular weight excluding hydrogens is 208 g/mol. The van der Waals surface area contributed by atoms with Crippen LogP contribution in [-0.2, 0) is 0 Å². The van der Waals surface area contributed by atoms with Gasteiger partial charge in [0, 0.05) is 0 Å². The molecule has 0 aliphatic rings. The first kappa shape index (κ1) is 11.6. The third-order valence-electron chi connectivity index (χ3n) is 2.83. The van der Waals surface area contributed by atoms with E-state index in [1.807, 2.05) is 73.7 Å². The van der Waals surface area contributed by atoms with E-state index < -0.39 is 6.10 Å². The van der Waals surface area contributed by atoms with Gasteiger partial charge in [-0.3, -0.25) is 0 Å². The standard InChI is InChI=1S/C16H16O/c1-2-15(13-9-5-3-6-10-13)16(17)14-11-7-4-8-12-14/h2-12,16-17H,1H3/b15-2-. The van der Waals surface area contributed by atoms with Gasteiger partial charge in [-0.2, -0.15) is 0 Å². The van der Waals surface area contributed by atoms with E-state index in [0.717, 1.165) is 16.7 Å². The minimum Gasteiger partial charge on any atom is -0.384 e. The summed E-state index contributed by atoms with van der Waals surface area (Å²) < 4.78 is 0. The average molecular weight is 224 g/mol. The van der Waals surface area contributed by atoms with Crippen LogP contribution in [0, 0.1) is 0 Å². The summed E-state index contributed by atoms with van der Waals surface area (Å²) in [6.07, 6.45) is 1.40. The van der Waals surface area contributed by atoms with Crippen LogP contribution >= 0.6 is 0 Å². The summed E-state index contributed by atoms with van der Waals surface area (Å²) in [4.78, 5) is 0. The Morgan fingerprint density at radius 1 is 0.941 bits per heavy atom. The molecule has 0 bridgehead atoms. The minimum absolute atomic E-state index is 0.566. The average Bonchev–Trinajstić information content (AvgIpc) is 2.42. The summed E-state index contributed by atoms with van der Waals surface area (Å²) in [6.45, 7) is 1.95. The third-order valence-corrected chi connectivity index (χ3v) is 2.83. The molecule has 1 atom stereocenters. The molecule has 1 N–H and O–H groups in total. The van der Waals surface area contributed by atoms with Gasteiger partial charge in [0.15, 0.2) is 0 Å². The second-order valence-electron chi connectivity index (χ2n) is 3.92. The largest absolute Gasteiger partial charge is 0.384 e. The first-order valence-electron chi connectivity index (χ1n) is 5.77. The van der Waals surface area contributed by atoms with E-state index in [1.165, 1.54) is 0 Å². The zero-order valence-electron chi connectivity index (χ0n) is 9.88. The Hall–Kier alpha value is -1.86. The minimum atomic E-state index is -0.566. The molecule has 0 radical (unpaired) electrons. The summed E-state index contributed by atoms with van der Waals surface area (Å²) in [5.41, 5.74) is 2.92. The van der Waals surface area contributed by atoms with Gasteiger partial charge in [-0.05, 0) is 23.6 Å². The Kier molecular flexibility index (Phi) is 3.73. The maximum absolute atomic E-state index is 10.4. The van der Waals surface area contributed by atoms with Gasteiger partial charge in [-0.15, -0.1) is 0 Å². The molecular formula is C16H16O. The van der Waals surface area contributed by atoms with E-state index in [9.17, 15) is 5.11 Å². The van der Waals surface area contributed by atoms with Crippen LogP contribution in [-0.4, -0.2) is 5.11 Å². The van der Waals surface area contributed by atoms with Crippen LogP contribution in [0.2, 0.25) is 0 Å². The molecule has 2 rings (SSSR count). The fourth-order valence-corrected chi connectivity index (χ4v) is 1.93. The van der Waals surface area contributed by atoms with Crippen LogP contribution in [0.5, 0.6) is 0 Å². The lowest BCUT2D eigenvalue weighted by Gasteiger charge is -2.15. The second-order valence-corrected chi connectivity index (χ2v) is 3.92. The number of benzene rings is 2. The van der Waals surface area contributed by atoms with Crippen molar-refractivity contribution in [2.75, 3.05) is 0 Å². The number of hydrogen-bond donors (Lipinski definition) is 1. The fraction of sp³-hybridized carbons (Fsp3) is 0.125. The summed E-state index contributed by atoms with van der Waals surface area (Å²) in [5, 5.41) is 10.4. The van der Waals surface area contributed by atoms with Crippen LogP contribution in [0.4, 0.5) is 0 Å². The van der Waals surface area contributed by atoms with Gasteiger partial charge in [-0.25, -0.2) is 0 Å². The van der Waals surface area contributed by atoms with Gasteiger partial charge in [-0.1, -0.05) is 66.7 Å². The molecule has 0 aliphatic heterocycles. The first-order valence-corrected chi connectivity index (χ1v) is 5.77. The summed E-state index contributed by atoms with van der Waals surface area (Å²) >= 11 is 0. The lowest BCUT2D eigenvalue weighted by molar-refractivity contribution is 0.238. The van der Waals surface area contributed by atoms with Crippen molar-refractivity contribution in [2.24, 2.45) is 0 Å². The van der Waals surface area contributed by atoms with Crippen molar-refractivity contribution < 1.29 is 5.11 Å². The molecule has 0 spiro atoms. The van der Waals surface area contributed by atoms with Crippen molar-refractivity contribution >= 4 is 5.57 Å². The van der Waals surface area contributed by atoms with E-state index in [4.69, 9.17) is 0 Å². The molecule has 1 heteroatoms. The highest BCUT2D eigenvalue weighted by atomic mass is 16.3. The smallest absolute Gasteiger partial charge is 0.104 e. The maximum Gasteiger partial charge on any atom is 0.104 e. The molecule has 0 fully saturated rings. The predicted molar refractivity (Wildman–Crippen MR) is 71.5 cm³/mol. The molecule has 0 aliphatic carbocycles. The Labute approximate surface area is 102 Å². The molecule has 0 saturated heterocycles. The molecule has 2 aromatic rings. The van der Waals surface area contributed by atoms with Gasteiger partial charge in [0.2, 0.25) is 0 Å². The number of hydrogen-bond acceptors (Lipinski definition) is 1. The number of rotatable bonds is 3. The zero-order chi connectivity index (χ0) is 12.1. The Morgan fingerprint density at radius 3 is 2.00 bits per heavy atom. The van der Waals surface area contributed by atoms with Crippen molar-refractivity contribution in [3.8, 4) is 0 Å².